The first-order valence-electron chi connectivity index (χ1n) is 11.2. The Bertz CT molecular complexity index is 921. The molecule has 6 nitrogen and oxygen atoms in total. The Morgan fingerprint density at radius 2 is 1.59 bits per heavy atom. The van der Waals surface area contributed by atoms with Crippen molar-refractivity contribution >= 4 is 12.0 Å². The molecule has 2 amide bonds. The number of benzene rings is 2. The van der Waals surface area contributed by atoms with Crippen molar-refractivity contribution in [2.24, 2.45) is 0 Å². The third-order valence-corrected chi connectivity index (χ3v) is 5.51. The quantitative estimate of drug-likeness (QED) is 0.687. The van der Waals surface area contributed by atoms with Gasteiger partial charge < -0.3 is 14.5 Å². The molecule has 0 aromatic heterocycles. The minimum absolute atomic E-state index is 0.0453. The second-order valence-corrected chi connectivity index (χ2v) is 9.65. The van der Waals surface area contributed by atoms with E-state index in [1.165, 1.54) is 0 Å². The summed E-state index contributed by atoms with van der Waals surface area (Å²) in [6, 6.07) is 17.4. The van der Waals surface area contributed by atoms with Crippen molar-refractivity contribution in [2.45, 2.75) is 51.9 Å². The van der Waals surface area contributed by atoms with Crippen molar-refractivity contribution in [1.29, 1.82) is 0 Å². The Kier molecular flexibility index (Phi) is 7.56. The van der Waals surface area contributed by atoms with Gasteiger partial charge in [-0.3, -0.25) is 9.69 Å². The number of ether oxygens (including phenoxy) is 1. The van der Waals surface area contributed by atoms with Gasteiger partial charge in [-0.15, -0.1) is 0 Å². The standard InChI is InChI=1S/C26H35N3O3/c1-26(2,3)32-25(31)29-19-22-14-10-9-13-21(22)17-23(29)24(30)28(16-15-27(4)5)18-20-11-7-6-8-12-20/h6-14,23H,15-19H2,1-5H3/t23-/m0/s1. The zero-order chi connectivity index (χ0) is 23.3. The van der Waals surface area contributed by atoms with Gasteiger partial charge in [0.15, 0.2) is 0 Å². The highest BCUT2D eigenvalue weighted by Gasteiger charge is 2.38. The second-order valence-electron chi connectivity index (χ2n) is 9.65. The van der Waals surface area contributed by atoms with E-state index in [1.54, 1.807) is 4.90 Å². The van der Waals surface area contributed by atoms with Gasteiger partial charge in [0.2, 0.25) is 5.91 Å². The smallest absolute Gasteiger partial charge is 0.411 e. The predicted molar refractivity (Wildman–Crippen MR) is 126 cm³/mol. The minimum atomic E-state index is -0.629. The SMILES string of the molecule is CN(C)CCN(Cc1ccccc1)C(=O)[C@@H]1Cc2ccccc2CN1C(=O)OC(C)(C)C. The molecule has 1 heterocycles. The highest BCUT2D eigenvalue weighted by Crippen LogP contribution is 2.27. The molecule has 3 rings (SSSR count). The molecule has 6 heteroatoms. The topological polar surface area (TPSA) is 53.1 Å². The normalized spacial score (nSPS) is 15.9. The first kappa shape index (κ1) is 23.8. The van der Waals surface area contributed by atoms with Crippen LogP contribution in [0.4, 0.5) is 4.79 Å². The van der Waals surface area contributed by atoms with Crippen molar-refractivity contribution in [2.75, 3.05) is 27.2 Å². The van der Waals surface area contributed by atoms with Gasteiger partial charge in [-0.05, 0) is 51.6 Å². The first-order valence-corrected chi connectivity index (χ1v) is 11.2. The summed E-state index contributed by atoms with van der Waals surface area (Å²) in [7, 11) is 3.99. The molecule has 0 spiro atoms. The van der Waals surface area contributed by atoms with Crippen molar-refractivity contribution in [3.05, 3.63) is 71.3 Å². The summed E-state index contributed by atoms with van der Waals surface area (Å²) < 4.78 is 5.68. The zero-order valence-corrected chi connectivity index (χ0v) is 19.9. The lowest BCUT2D eigenvalue weighted by Crippen LogP contribution is -2.55. The highest BCUT2D eigenvalue weighted by atomic mass is 16.6. The number of hydrogen-bond donors (Lipinski definition) is 0. The Hall–Kier alpha value is -2.86. The Morgan fingerprint density at radius 3 is 2.22 bits per heavy atom. The van der Waals surface area contributed by atoms with Gasteiger partial charge in [0.1, 0.15) is 11.6 Å². The molecule has 2 aromatic carbocycles. The molecule has 1 aliphatic heterocycles. The third-order valence-electron chi connectivity index (χ3n) is 5.51. The van der Waals surface area contributed by atoms with Crippen LogP contribution >= 0.6 is 0 Å². The van der Waals surface area contributed by atoms with Crippen LogP contribution in [0.15, 0.2) is 54.6 Å². The molecule has 0 saturated heterocycles. The molecular weight excluding hydrogens is 402 g/mol. The second kappa shape index (κ2) is 10.2. The van der Waals surface area contributed by atoms with Crippen LogP contribution in [-0.2, 0) is 29.0 Å². The number of carbonyl (C=O) groups is 2. The molecule has 0 bridgehead atoms. The van der Waals surface area contributed by atoms with Crippen LogP contribution in [0.1, 0.15) is 37.5 Å². The number of hydrogen-bond acceptors (Lipinski definition) is 4. The Morgan fingerprint density at radius 1 is 0.969 bits per heavy atom. The molecule has 172 valence electrons. The number of fused-ring (bicyclic) bond motifs is 1. The zero-order valence-electron chi connectivity index (χ0n) is 19.9. The largest absolute Gasteiger partial charge is 0.444 e. The fourth-order valence-electron chi connectivity index (χ4n) is 3.86. The van der Waals surface area contributed by atoms with Crippen LogP contribution in [0.5, 0.6) is 0 Å². The third kappa shape index (κ3) is 6.33. The summed E-state index contributed by atoms with van der Waals surface area (Å²) >= 11 is 0. The van der Waals surface area contributed by atoms with E-state index in [1.807, 2.05) is 94.4 Å². The van der Waals surface area contributed by atoms with Crippen LogP contribution in [-0.4, -0.2) is 65.5 Å². The van der Waals surface area contributed by atoms with Gasteiger partial charge in [0.25, 0.3) is 0 Å². The summed E-state index contributed by atoms with van der Waals surface area (Å²) in [4.78, 5) is 32.5. The molecule has 1 atom stereocenters. The summed E-state index contributed by atoms with van der Waals surface area (Å²) in [6.45, 7) is 7.74. The van der Waals surface area contributed by atoms with Gasteiger partial charge in [-0.2, -0.15) is 0 Å². The van der Waals surface area contributed by atoms with E-state index in [0.717, 1.165) is 23.2 Å². The lowest BCUT2D eigenvalue weighted by Gasteiger charge is -2.39. The Labute approximate surface area is 191 Å². The van der Waals surface area contributed by atoms with Crippen molar-refractivity contribution in [1.82, 2.24) is 14.7 Å². The van der Waals surface area contributed by atoms with Gasteiger partial charge in [-0.1, -0.05) is 54.6 Å². The van der Waals surface area contributed by atoms with E-state index in [0.29, 0.717) is 26.1 Å². The number of rotatable bonds is 6. The molecular formula is C26H35N3O3. The van der Waals surface area contributed by atoms with E-state index in [9.17, 15) is 9.59 Å². The van der Waals surface area contributed by atoms with E-state index in [-0.39, 0.29) is 5.91 Å². The summed E-state index contributed by atoms with van der Waals surface area (Å²) in [5, 5.41) is 0. The minimum Gasteiger partial charge on any atom is -0.444 e. The molecule has 0 radical (unpaired) electrons. The van der Waals surface area contributed by atoms with Crippen molar-refractivity contribution < 1.29 is 14.3 Å². The molecule has 0 N–H and O–H groups in total. The van der Waals surface area contributed by atoms with Gasteiger partial charge in [0, 0.05) is 26.1 Å². The molecule has 0 unspecified atom stereocenters. The fraction of sp³-hybridized carbons (Fsp3) is 0.462. The van der Waals surface area contributed by atoms with Crippen molar-refractivity contribution in [3.8, 4) is 0 Å². The molecule has 0 saturated carbocycles. The number of amides is 2. The fourth-order valence-corrected chi connectivity index (χ4v) is 3.86. The van der Waals surface area contributed by atoms with Crippen LogP contribution in [0.25, 0.3) is 0 Å². The first-order chi connectivity index (χ1) is 15.1. The number of likely N-dealkylation sites (N-methyl/N-ethyl adjacent to an activating group) is 1. The van der Waals surface area contributed by atoms with Crippen LogP contribution in [0.3, 0.4) is 0 Å². The summed E-state index contributed by atoms with van der Waals surface area (Å²) in [5.41, 5.74) is 2.61. The lowest BCUT2D eigenvalue weighted by atomic mass is 9.93. The number of nitrogens with zero attached hydrogens (tertiary/aromatic N) is 3. The van der Waals surface area contributed by atoms with E-state index in [4.69, 9.17) is 4.74 Å². The van der Waals surface area contributed by atoms with E-state index >= 15 is 0 Å². The van der Waals surface area contributed by atoms with Crippen LogP contribution in [0.2, 0.25) is 0 Å². The monoisotopic (exact) mass is 437 g/mol. The van der Waals surface area contributed by atoms with Crippen LogP contribution < -0.4 is 0 Å². The lowest BCUT2D eigenvalue weighted by molar-refractivity contribution is -0.138. The average Bonchev–Trinajstić information content (AvgIpc) is 2.74. The van der Waals surface area contributed by atoms with Crippen LogP contribution in [0, 0.1) is 0 Å². The maximum Gasteiger partial charge on any atom is 0.411 e. The van der Waals surface area contributed by atoms with E-state index in [2.05, 4.69) is 4.90 Å². The average molecular weight is 438 g/mol. The highest BCUT2D eigenvalue weighted by molar-refractivity contribution is 5.86. The molecule has 0 aliphatic carbocycles. The van der Waals surface area contributed by atoms with Crippen molar-refractivity contribution in [3.63, 3.8) is 0 Å². The Balaban J connectivity index is 1.90. The molecule has 2 aromatic rings. The summed E-state index contributed by atoms with van der Waals surface area (Å²) in [5.74, 6) is -0.0453. The molecule has 1 aliphatic rings. The van der Waals surface area contributed by atoms with Gasteiger partial charge in [0.05, 0.1) is 6.54 Å². The number of carbonyl (C=O) groups excluding carboxylic acids is 2. The van der Waals surface area contributed by atoms with Gasteiger partial charge >= 0.3 is 6.09 Å². The predicted octanol–water partition coefficient (Wildman–Crippen LogP) is 3.94. The summed E-state index contributed by atoms with van der Waals surface area (Å²) in [6.07, 6.45) is 0.0410. The molecule has 0 fully saturated rings. The molecule has 32 heavy (non-hydrogen) atoms. The maximum absolute atomic E-state index is 13.9. The van der Waals surface area contributed by atoms with E-state index < -0.39 is 17.7 Å². The maximum atomic E-state index is 13.9. The van der Waals surface area contributed by atoms with Gasteiger partial charge in [-0.25, -0.2) is 4.79 Å².